The standard InChI is InChI=1S/C18H27N5O2S.HI/c1-3-20-18(21-14-16-7-5-6-15(12-16)13-19)22-17-8-10-23(11-9-17)26(24,25)4-2;/h5-7,12,17H,3-4,8-11,14H2,1-2H3,(H2,20,21,22);1H. The van der Waals surface area contributed by atoms with Gasteiger partial charge in [-0.25, -0.2) is 17.7 Å². The molecule has 1 aliphatic heterocycles. The van der Waals surface area contributed by atoms with Crippen molar-refractivity contribution in [3.8, 4) is 6.07 Å². The molecule has 0 amide bonds. The van der Waals surface area contributed by atoms with E-state index in [2.05, 4.69) is 21.7 Å². The highest BCUT2D eigenvalue weighted by molar-refractivity contribution is 14.0. The van der Waals surface area contributed by atoms with Crippen LogP contribution in [0.2, 0.25) is 0 Å². The highest BCUT2D eigenvalue weighted by atomic mass is 127. The van der Waals surface area contributed by atoms with Gasteiger partial charge in [-0.3, -0.25) is 0 Å². The Morgan fingerprint density at radius 3 is 2.63 bits per heavy atom. The second-order valence-electron chi connectivity index (χ2n) is 6.23. The van der Waals surface area contributed by atoms with E-state index in [1.54, 1.807) is 17.3 Å². The molecule has 0 saturated carbocycles. The minimum Gasteiger partial charge on any atom is -0.357 e. The summed E-state index contributed by atoms with van der Waals surface area (Å²) in [6.07, 6.45) is 1.52. The number of hydrogen-bond donors (Lipinski definition) is 2. The van der Waals surface area contributed by atoms with Crippen LogP contribution in [0.1, 0.15) is 37.8 Å². The van der Waals surface area contributed by atoms with Crippen LogP contribution in [0, 0.1) is 11.3 Å². The van der Waals surface area contributed by atoms with Crippen LogP contribution in [0.4, 0.5) is 0 Å². The lowest BCUT2D eigenvalue weighted by molar-refractivity contribution is 0.306. The highest BCUT2D eigenvalue weighted by Gasteiger charge is 2.26. The Morgan fingerprint density at radius 2 is 2.04 bits per heavy atom. The van der Waals surface area contributed by atoms with Crippen molar-refractivity contribution < 1.29 is 8.42 Å². The van der Waals surface area contributed by atoms with Crippen LogP contribution in [0.3, 0.4) is 0 Å². The number of sulfonamides is 1. The molecule has 1 aromatic rings. The summed E-state index contributed by atoms with van der Waals surface area (Å²) >= 11 is 0. The summed E-state index contributed by atoms with van der Waals surface area (Å²) in [5.41, 5.74) is 1.60. The van der Waals surface area contributed by atoms with Crippen molar-refractivity contribution in [2.45, 2.75) is 39.3 Å². The van der Waals surface area contributed by atoms with E-state index in [4.69, 9.17) is 5.26 Å². The molecule has 1 aromatic carbocycles. The van der Waals surface area contributed by atoms with E-state index in [0.717, 1.165) is 24.9 Å². The molecule has 0 bridgehead atoms. The Hall–Kier alpha value is -1.38. The molecule has 0 unspecified atom stereocenters. The van der Waals surface area contributed by atoms with Crippen LogP contribution < -0.4 is 10.6 Å². The van der Waals surface area contributed by atoms with Crippen LogP contribution in [0.25, 0.3) is 0 Å². The van der Waals surface area contributed by atoms with Crippen molar-refractivity contribution in [1.29, 1.82) is 5.26 Å². The Morgan fingerprint density at radius 1 is 1.33 bits per heavy atom. The first-order valence-electron chi connectivity index (χ1n) is 9.00. The van der Waals surface area contributed by atoms with Crippen LogP contribution >= 0.6 is 24.0 Å². The third kappa shape index (κ3) is 7.27. The van der Waals surface area contributed by atoms with Gasteiger partial charge < -0.3 is 10.6 Å². The maximum Gasteiger partial charge on any atom is 0.213 e. The largest absolute Gasteiger partial charge is 0.357 e. The zero-order chi connectivity index (χ0) is 19.0. The average molecular weight is 505 g/mol. The van der Waals surface area contributed by atoms with Crippen molar-refractivity contribution in [3.63, 3.8) is 0 Å². The SMILES string of the molecule is CCNC(=NCc1cccc(C#N)c1)NC1CCN(S(=O)(=O)CC)CC1.I. The van der Waals surface area contributed by atoms with Gasteiger partial charge in [0, 0.05) is 25.7 Å². The molecule has 1 saturated heterocycles. The van der Waals surface area contributed by atoms with E-state index < -0.39 is 10.0 Å². The van der Waals surface area contributed by atoms with Gasteiger partial charge in [-0.2, -0.15) is 5.26 Å². The Labute approximate surface area is 179 Å². The minimum atomic E-state index is -3.10. The van der Waals surface area contributed by atoms with Crippen molar-refractivity contribution in [3.05, 3.63) is 35.4 Å². The summed E-state index contributed by atoms with van der Waals surface area (Å²) in [5, 5.41) is 15.6. The lowest BCUT2D eigenvalue weighted by atomic mass is 10.1. The Balaban J connectivity index is 0.00000364. The zero-order valence-electron chi connectivity index (χ0n) is 15.8. The van der Waals surface area contributed by atoms with Gasteiger partial charge in [-0.05, 0) is 44.4 Å². The van der Waals surface area contributed by atoms with E-state index in [9.17, 15) is 8.42 Å². The molecule has 0 atom stereocenters. The number of nitriles is 1. The number of hydrogen-bond acceptors (Lipinski definition) is 4. The summed E-state index contributed by atoms with van der Waals surface area (Å²) in [5.74, 6) is 0.864. The first kappa shape index (κ1) is 23.7. The maximum absolute atomic E-state index is 11.9. The van der Waals surface area contributed by atoms with Gasteiger partial charge in [0.15, 0.2) is 5.96 Å². The number of nitrogens with zero attached hydrogens (tertiary/aromatic N) is 3. The molecule has 150 valence electrons. The summed E-state index contributed by atoms with van der Waals surface area (Å²) in [6, 6.07) is 9.74. The van der Waals surface area contributed by atoms with Gasteiger partial charge in [0.05, 0.1) is 23.9 Å². The van der Waals surface area contributed by atoms with Gasteiger partial charge in [0.25, 0.3) is 0 Å². The summed E-state index contributed by atoms with van der Waals surface area (Å²) in [7, 11) is -3.10. The van der Waals surface area contributed by atoms with E-state index in [0.29, 0.717) is 31.2 Å². The van der Waals surface area contributed by atoms with Crippen molar-refractivity contribution in [1.82, 2.24) is 14.9 Å². The summed E-state index contributed by atoms with van der Waals surface area (Å²) in [6.45, 7) is 5.98. The number of benzene rings is 1. The maximum atomic E-state index is 11.9. The molecular formula is C18H28IN5O2S. The molecule has 2 N–H and O–H groups in total. The molecular weight excluding hydrogens is 477 g/mol. The zero-order valence-corrected chi connectivity index (χ0v) is 19.0. The predicted octanol–water partition coefficient (Wildman–Crippen LogP) is 2.05. The molecule has 1 fully saturated rings. The van der Waals surface area contributed by atoms with Crippen LogP contribution in [0.5, 0.6) is 0 Å². The van der Waals surface area contributed by atoms with Gasteiger partial charge in [-0.1, -0.05) is 12.1 Å². The second-order valence-corrected chi connectivity index (χ2v) is 8.48. The first-order valence-corrected chi connectivity index (χ1v) is 10.6. The molecule has 7 nitrogen and oxygen atoms in total. The van der Waals surface area contributed by atoms with Crippen LogP contribution in [0.15, 0.2) is 29.3 Å². The third-order valence-corrected chi connectivity index (χ3v) is 6.25. The lowest BCUT2D eigenvalue weighted by Crippen LogP contribution is -2.50. The molecule has 27 heavy (non-hydrogen) atoms. The number of aliphatic imine (C=N–C) groups is 1. The molecule has 1 aliphatic rings. The smallest absolute Gasteiger partial charge is 0.213 e. The summed E-state index contributed by atoms with van der Waals surface area (Å²) < 4.78 is 25.5. The fraction of sp³-hybridized carbons (Fsp3) is 0.556. The Bertz CT molecular complexity index is 768. The summed E-state index contributed by atoms with van der Waals surface area (Å²) in [4.78, 5) is 4.59. The third-order valence-electron chi connectivity index (χ3n) is 4.37. The van der Waals surface area contributed by atoms with E-state index in [1.165, 1.54) is 0 Å². The number of nitrogens with one attached hydrogen (secondary N) is 2. The van der Waals surface area contributed by atoms with Gasteiger partial charge >= 0.3 is 0 Å². The predicted molar refractivity (Wildman–Crippen MR) is 119 cm³/mol. The van der Waals surface area contributed by atoms with Gasteiger partial charge in [-0.15, -0.1) is 24.0 Å². The number of piperidine rings is 1. The van der Waals surface area contributed by atoms with Crippen molar-refractivity contribution >= 4 is 40.0 Å². The monoisotopic (exact) mass is 505 g/mol. The minimum absolute atomic E-state index is 0. The molecule has 9 heteroatoms. The quantitative estimate of drug-likeness (QED) is 0.351. The normalized spacial score (nSPS) is 16.3. The average Bonchev–Trinajstić information content (AvgIpc) is 2.67. The lowest BCUT2D eigenvalue weighted by Gasteiger charge is -2.32. The van der Waals surface area contributed by atoms with Gasteiger partial charge in [0.1, 0.15) is 0 Å². The first-order chi connectivity index (χ1) is 12.5. The van der Waals surface area contributed by atoms with Crippen molar-refractivity contribution in [2.24, 2.45) is 4.99 Å². The Kier molecular flexibility index (Phi) is 10.0. The van der Waals surface area contributed by atoms with Gasteiger partial charge in [0.2, 0.25) is 10.0 Å². The number of rotatable bonds is 6. The molecule has 1 heterocycles. The fourth-order valence-electron chi connectivity index (χ4n) is 2.88. The van der Waals surface area contributed by atoms with Crippen LogP contribution in [-0.4, -0.2) is 50.1 Å². The number of halogens is 1. The fourth-order valence-corrected chi connectivity index (χ4v) is 4.02. The van der Waals surface area contributed by atoms with Crippen LogP contribution in [-0.2, 0) is 16.6 Å². The topological polar surface area (TPSA) is 97.6 Å². The van der Waals surface area contributed by atoms with E-state index in [1.807, 2.05) is 25.1 Å². The van der Waals surface area contributed by atoms with Crippen molar-refractivity contribution in [2.75, 3.05) is 25.4 Å². The highest BCUT2D eigenvalue weighted by Crippen LogP contribution is 2.14. The molecule has 0 radical (unpaired) electrons. The van der Waals surface area contributed by atoms with E-state index >= 15 is 0 Å². The molecule has 2 rings (SSSR count). The second kappa shape index (κ2) is 11.5. The molecule has 0 aliphatic carbocycles. The molecule has 0 aromatic heterocycles. The molecule has 0 spiro atoms. The van der Waals surface area contributed by atoms with E-state index in [-0.39, 0.29) is 35.8 Å². The number of guanidine groups is 1.